The second-order valence-corrected chi connectivity index (χ2v) is 7.45. The standard InChI is InChI=1S/C24H22N4O/c29-24(27-13-7-8-14-27)20-15-22(19-11-5-2-6-12-19)26-23-21(20)16-25-28(23)17-18-9-3-1-4-10-18/h1-6,9-12,15-16H,7-8,13-14,17H2. The second-order valence-electron chi connectivity index (χ2n) is 7.45. The summed E-state index contributed by atoms with van der Waals surface area (Å²) in [5.74, 6) is 0.0753. The van der Waals surface area contributed by atoms with Crippen molar-refractivity contribution in [1.29, 1.82) is 0 Å². The molecule has 5 nitrogen and oxygen atoms in total. The minimum Gasteiger partial charge on any atom is -0.339 e. The fourth-order valence-corrected chi connectivity index (χ4v) is 3.94. The van der Waals surface area contributed by atoms with E-state index in [1.807, 2.05) is 64.2 Å². The van der Waals surface area contributed by atoms with Gasteiger partial charge in [0.1, 0.15) is 0 Å². The molecule has 3 heterocycles. The SMILES string of the molecule is O=C(c1cc(-c2ccccc2)nc2c1cnn2Cc1ccccc1)N1CCCC1. The Hall–Kier alpha value is -3.47. The lowest BCUT2D eigenvalue weighted by Gasteiger charge is -2.16. The maximum atomic E-state index is 13.3. The van der Waals surface area contributed by atoms with E-state index in [0.29, 0.717) is 12.1 Å². The molecule has 4 aromatic rings. The van der Waals surface area contributed by atoms with Crippen molar-refractivity contribution in [2.24, 2.45) is 0 Å². The molecule has 0 atom stereocenters. The Bertz CT molecular complexity index is 1150. The van der Waals surface area contributed by atoms with Gasteiger partial charge in [0.25, 0.3) is 5.91 Å². The van der Waals surface area contributed by atoms with Crippen LogP contribution in [0.25, 0.3) is 22.3 Å². The Morgan fingerprint density at radius 1 is 0.931 bits per heavy atom. The van der Waals surface area contributed by atoms with Crippen molar-refractivity contribution in [2.75, 3.05) is 13.1 Å². The zero-order chi connectivity index (χ0) is 19.6. The first-order chi connectivity index (χ1) is 14.3. The van der Waals surface area contributed by atoms with Crippen molar-refractivity contribution in [2.45, 2.75) is 19.4 Å². The van der Waals surface area contributed by atoms with Crippen LogP contribution in [-0.2, 0) is 6.54 Å². The first kappa shape index (κ1) is 17.6. The smallest absolute Gasteiger partial charge is 0.254 e. The molecule has 5 heteroatoms. The number of benzene rings is 2. The first-order valence-electron chi connectivity index (χ1n) is 10.0. The van der Waals surface area contributed by atoms with Gasteiger partial charge in [0, 0.05) is 18.7 Å². The summed E-state index contributed by atoms with van der Waals surface area (Å²) in [6.45, 7) is 2.26. The van der Waals surface area contributed by atoms with Crippen LogP contribution in [0.3, 0.4) is 0 Å². The third-order valence-corrected chi connectivity index (χ3v) is 5.48. The molecule has 0 radical (unpaired) electrons. The van der Waals surface area contributed by atoms with E-state index in [9.17, 15) is 4.79 Å². The van der Waals surface area contributed by atoms with E-state index >= 15 is 0 Å². The van der Waals surface area contributed by atoms with Gasteiger partial charge < -0.3 is 4.90 Å². The maximum Gasteiger partial charge on any atom is 0.254 e. The molecule has 1 saturated heterocycles. The molecule has 2 aromatic heterocycles. The Morgan fingerprint density at radius 3 is 2.34 bits per heavy atom. The van der Waals surface area contributed by atoms with Gasteiger partial charge in [-0.25, -0.2) is 9.67 Å². The highest BCUT2D eigenvalue weighted by atomic mass is 16.2. The van der Waals surface area contributed by atoms with Crippen LogP contribution in [0.15, 0.2) is 72.9 Å². The molecular weight excluding hydrogens is 360 g/mol. The Balaban J connectivity index is 1.65. The summed E-state index contributed by atoms with van der Waals surface area (Å²) in [6, 6.07) is 22.1. The van der Waals surface area contributed by atoms with E-state index in [1.165, 1.54) is 0 Å². The van der Waals surface area contributed by atoms with Gasteiger partial charge in [-0.15, -0.1) is 0 Å². The van der Waals surface area contributed by atoms with Gasteiger partial charge in [0.15, 0.2) is 5.65 Å². The quantitative estimate of drug-likeness (QED) is 0.526. The molecule has 1 aliphatic heterocycles. The molecule has 29 heavy (non-hydrogen) atoms. The van der Waals surface area contributed by atoms with E-state index in [4.69, 9.17) is 4.98 Å². The Kier molecular flexibility index (Phi) is 4.56. The highest BCUT2D eigenvalue weighted by Gasteiger charge is 2.24. The summed E-state index contributed by atoms with van der Waals surface area (Å²) < 4.78 is 1.89. The van der Waals surface area contributed by atoms with Crippen LogP contribution in [0.5, 0.6) is 0 Å². The Morgan fingerprint density at radius 2 is 1.62 bits per heavy atom. The van der Waals surface area contributed by atoms with Gasteiger partial charge in [0.05, 0.1) is 29.4 Å². The summed E-state index contributed by atoms with van der Waals surface area (Å²) in [4.78, 5) is 20.1. The van der Waals surface area contributed by atoms with E-state index in [-0.39, 0.29) is 5.91 Å². The summed E-state index contributed by atoms with van der Waals surface area (Å²) in [7, 11) is 0. The molecule has 2 aromatic carbocycles. The van der Waals surface area contributed by atoms with Gasteiger partial charge in [-0.3, -0.25) is 4.79 Å². The number of likely N-dealkylation sites (tertiary alicyclic amines) is 1. The van der Waals surface area contributed by atoms with Crippen LogP contribution < -0.4 is 0 Å². The number of pyridine rings is 1. The zero-order valence-corrected chi connectivity index (χ0v) is 16.2. The first-order valence-corrected chi connectivity index (χ1v) is 10.0. The number of amides is 1. The predicted octanol–water partition coefficient (Wildman–Crippen LogP) is 4.38. The van der Waals surface area contributed by atoms with Crippen LogP contribution in [-0.4, -0.2) is 38.7 Å². The van der Waals surface area contributed by atoms with Gasteiger partial charge in [-0.2, -0.15) is 5.10 Å². The molecule has 0 spiro atoms. The largest absolute Gasteiger partial charge is 0.339 e. The van der Waals surface area contributed by atoms with Crippen molar-refractivity contribution in [3.05, 3.63) is 84.1 Å². The number of aromatic nitrogens is 3. The lowest BCUT2D eigenvalue weighted by atomic mass is 10.1. The van der Waals surface area contributed by atoms with Crippen molar-refractivity contribution < 1.29 is 4.79 Å². The molecule has 144 valence electrons. The molecule has 0 unspecified atom stereocenters. The third kappa shape index (κ3) is 3.40. The molecule has 0 aliphatic carbocycles. The molecule has 1 aliphatic rings. The molecular formula is C24H22N4O. The third-order valence-electron chi connectivity index (χ3n) is 5.48. The fraction of sp³-hybridized carbons (Fsp3) is 0.208. The van der Waals surface area contributed by atoms with E-state index < -0.39 is 0 Å². The van der Waals surface area contributed by atoms with Crippen LogP contribution in [0.4, 0.5) is 0 Å². The van der Waals surface area contributed by atoms with E-state index in [0.717, 1.165) is 53.8 Å². The highest BCUT2D eigenvalue weighted by molar-refractivity contribution is 6.06. The highest BCUT2D eigenvalue weighted by Crippen LogP contribution is 2.27. The topological polar surface area (TPSA) is 51.0 Å². The predicted molar refractivity (Wildman–Crippen MR) is 114 cm³/mol. The van der Waals surface area contributed by atoms with Crippen LogP contribution in [0.2, 0.25) is 0 Å². The maximum absolute atomic E-state index is 13.3. The number of hydrogen-bond donors (Lipinski definition) is 0. The van der Waals surface area contributed by atoms with Gasteiger partial charge >= 0.3 is 0 Å². The minimum atomic E-state index is 0.0753. The summed E-state index contributed by atoms with van der Waals surface area (Å²) >= 11 is 0. The summed E-state index contributed by atoms with van der Waals surface area (Å²) in [5, 5.41) is 5.40. The molecule has 0 N–H and O–H groups in total. The van der Waals surface area contributed by atoms with Gasteiger partial charge in [-0.1, -0.05) is 60.7 Å². The fourth-order valence-electron chi connectivity index (χ4n) is 3.94. The van der Waals surface area contributed by atoms with Crippen molar-refractivity contribution in [1.82, 2.24) is 19.7 Å². The summed E-state index contributed by atoms with van der Waals surface area (Å²) in [6.07, 6.45) is 3.92. The van der Waals surface area contributed by atoms with E-state index in [2.05, 4.69) is 17.2 Å². The monoisotopic (exact) mass is 382 g/mol. The number of fused-ring (bicyclic) bond motifs is 1. The number of rotatable bonds is 4. The number of hydrogen-bond acceptors (Lipinski definition) is 3. The lowest BCUT2D eigenvalue weighted by molar-refractivity contribution is 0.0794. The molecule has 1 fully saturated rings. The van der Waals surface area contributed by atoms with Crippen molar-refractivity contribution >= 4 is 16.9 Å². The minimum absolute atomic E-state index is 0.0753. The molecule has 5 rings (SSSR count). The zero-order valence-electron chi connectivity index (χ0n) is 16.2. The normalized spacial score (nSPS) is 13.9. The van der Waals surface area contributed by atoms with E-state index in [1.54, 1.807) is 6.20 Å². The average molecular weight is 382 g/mol. The second kappa shape index (κ2) is 7.51. The van der Waals surface area contributed by atoms with Gasteiger partial charge in [0.2, 0.25) is 0 Å². The molecule has 0 saturated carbocycles. The van der Waals surface area contributed by atoms with Crippen molar-refractivity contribution in [3.63, 3.8) is 0 Å². The number of carbonyl (C=O) groups is 1. The van der Waals surface area contributed by atoms with Crippen molar-refractivity contribution in [3.8, 4) is 11.3 Å². The Labute approximate surface area is 169 Å². The molecule has 0 bridgehead atoms. The number of carbonyl (C=O) groups excluding carboxylic acids is 1. The average Bonchev–Trinajstić information content (AvgIpc) is 3.45. The lowest BCUT2D eigenvalue weighted by Crippen LogP contribution is -2.27. The van der Waals surface area contributed by atoms with Crippen LogP contribution in [0, 0.1) is 0 Å². The van der Waals surface area contributed by atoms with Crippen LogP contribution >= 0.6 is 0 Å². The number of nitrogens with zero attached hydrogens (tertiary/aromatic N) is 4. The molecule has 1 amide bonds. The summed E-state index contributed by atoms with van der Waals surface area (Å²) in [5.41, 5.74) is 4.39. The van der Waals surface area contributed by atoms with Crippen LogP contribution in [0.1, 0.15) is 28.8 Å². The van der Waals surface area contributed by atoms with Gasteiger partial charge in [-0.05, 0) is 24.5 Å².